The molecule has 9 heterocycles. The molecule has 19 aromatic carbocycles. The van der Waals surface area contributed by atoms with Gasteiger partial charge in [0, 0.05) is 70.0 Å². The third-order valence-corrected chi connectivity index (χ3v) is 30.2. The minimum atomic E-state index is 0. The van der Waals surface area contributed by atoms with Gasteiger partial charge in [-0.2, -0.15) is 0 Å². The molecule has 3 aliphatic rings. The minimum absolute atomic E-state index is 0. The summed E-state index contributed by atoms with van der Waals surface area (Å²) < 4.78 is 19.9. The maximum atomic E-state index is 5.30. The first kappa shape index (κ1) is 90.5. The Bertz CT molecular complexity index is 10100. The quantitative estimate of drug-likeness (QED) is 0.126. The zero-order valence-electron chi connectivity index (χ0n) is 80.5. The Kier molecular flexibility index (Phi) is 21.8. The largest absolute Gasteiger partial charge is 2.00 e. The van der Waals surface area contributed by atoms with Gasteiger partial charge in [-0.25, -0.2) is 0 Å². The maximum absolute atomic E-state index is 5.30. The van der Waals surface area contributed by atoms with Crippen molar-refractivity contribution in [2.75, 3.05) is 0 Å². The van der Waals surface area contributed by atoms with Crippen molar-refractivity contribution < 1.29 is 63.2 Å². The van der Waals surface area contributed by atoms with Crippen molar-refractivity contribution >= 4 is 132 Å². The van der Waals surface area contributed by atoms with Gasteiger partial charge in [-0.1, -0.05) is 216 Å². The molecule has 0 saturated carbocycles. The van der Waals surface area contributed by atoms with E-state index in [2.05, 4.69) is 472 Å². The van der Waals surface area contributed by atoms with Crippen LogP contribution in [0.15, 0.2) is 370 Å². The summed E-state index contributed by atoms with van der Waals surface area (Å²) >= 11 is 0. The van der Waals surface area contributed by atoms with E-state index in [-0.39, 0.29) is 63.2 Å². The van der Waals surface area contributed by atoms with Gasteiger partial charge in [0.15, 0.2) is 0 Å². The Hall–Kier alpha value is -16.5. The van der Waals surface area contributed by atoms with Crippen LogP contribution in [0.3, 0.4) is 0 Å². The molecule has 147 heavy (non-hydrogen) atoms. The third kappa shape index (κ3) is 14.3. The van der Waals surface area contributed by atoms with Gasteiger partial charge >= 0.3 is 63.2 Å². The topological polar surface area (TPSA) is 122 Å². The smallest absolute Gasteiger partial charge is 0.367 e. The zero-order valence-corrected chi connectivity index (χ0v) is 87.3. The molecule has 0 fully saturated rings. The summed E-state index contributed by atoms with van der Waals surface area (Å²) in [7, 11) is 12.5. The van der Waals surface area contributed by atoms with E-state index in [0.717, 1.165) is 215 Å². The van der Waals surface area contributed by atoms with Crippen LogP contribution in [-0.4, -0.2) is 71.0 Å². The molecule has 0 aliphatic heterocycles. The van der Waals surface area contributed by atoms with Gasteiger partial charge in [0.1, 0.15) is 0 Å². The monoisotopic (exact) mass is 2430 g/mol. The Morgan fingerprint density at radius 1 is 0.204 bits per heavy atom. The Balaban J connectivity index is 0.000000111. The summed E-state index contributed by atoms with van der Waals surface area (Å²) in [5, 5.41) is 6.97. The predicted molar refractivity (Wildman–Crippen MR) is 584 cm³/mol. The number of fused-ring (bicyclic) bond motifs is 26. The number of nitrogens with zero attached hydrogens (tertiary/aromatic N) is 15. The second-order valence-corrected chi connectivity index (χ2v) is 38.3. The van der Waals surface area contributed by atoms with E-state index in [1.807, 2.05) is 18.2 Å². The van der Waals surface area contributed by atoms with Crippen LogP contribution in [0.1, 0.15) is 33.4 Å². The van der Waals surface area contributed by atoms with E-state index in [4.69, 9.17) is 29.9 Å². The number of imidazole rings is 6. The summed E-state index contributed by atoms with van der Waals surface area (Å²) in [5.74, 6) is 5.36. The molecule has 28 aromatic rings. The van der Waals surface area contributed by atoms with Crippen LogP contribution in [0.4, 0.5) is 0 Å². The number of hydrogen-bond donors (Lipinski definition) is 0. The minimum Gasteiger partial charge on any atom is -0.367 e. The molecule has 0 saturated heterocycles. The summed E-state index contributed by atoms with van der Waals surface area (Å²) in [6, 6.07) is 154. The maximum Gasteiger partial charge on any atom is 2.00 e. The first-order valence-electron chi connectivity index (χ1n) is 48.9. The van der Waals surface area contributed by atoms with Crippen LogP contribution in [0, 0.1) is 36.4 Å². The molecule has 15 nitrogen and oxygen atoms in total. The van der Waals surface area contributed by atoms with Crippen molar-refractivity contribution in [3.63, 3.8) is 0 Å². The Morgan fingerprint density at radius 2 is 0.531 bits per heavy atom. The number of rotatable bonds is 10. The SMILES string of the molecule is Cn1c(-c2[c-]c(-n3c4[c-]c(-c5nc6c7c(ccc6n5C)Cc5ccccc5-7)ccc4c4ccccc43)ccc2)nc2ccccc21.Cn1c(-c2[c-]c(-n3c4[c-]c(-c5nc6ccc(-c7ccc8c(c7)Cc7ccccc7-8)cc6n5C)ccc4c4ccccc43)ccc2)nc2ccccc21.Cn1c(-c2[c-]c(-n3c4[c-]c(-c5nc6ccc7c(c6n5C)-c5ccccc5C7)ccc4c4ccccc43)ccc2)nc2ccccc21.[Pt+2].[Pt+2].[Pt+2]. The molecule has 0 amide bonds. The van der Waals surface area contributed by atoms with Crippen molar-refractivity contribution in [2.45, 2.75) is 19.3 Å². The van der Waals surface area contributed by atoms with Crippen molar-refractivity contribution in [3.05, 3.63) is 440 Å². The van der Waals surface area contributed by atoms with Gasteiger partial charge in [-0.3, -0.25) is 29.9 Å². The number of benzene rings is 19. The average Bonchev–Trinajstić information content (AvgIpc) is 1.58. The van der Waals surface area contributed by atoms with E-state index in [0.29, 0.717) is 0 Å². The molecule has 9 aromatic heterocycles. The Morgan fingerprint density at radius 3 is 1.00 bits per heavy atom. The summed E-state index contributed by atoms with van der Waals surface area (Å²) in [4.78, 5) is 30.5. The van der Waals surface area contributed by atoms with E-state index < -0.39 is 0 Å². The number of para-hydroxylation sites is 9. The second kappa shape index (κ2) is 35.5. The molecule has 0 atom stereocenters. The van der Waals surface area contributed by atoms with E-state index >= 15 is 0 Å². The average molecular weight is 2430 g/mol. The molecule has 18 heteroatoms. The molecule has 0 unspecified atom stereocenters. The van der Waals surface area contributed by atoms with Crippen LogP contribution in [0.25, 0.3) is 262 Å². The molecule has 0 bridgehead atoms. The van der Waals surface area contributed by atoms with Gasteiger partial charge in [-0.05, 0) is 215 Å². The number of aryl methyl sites for hydroxylation is 6. The van der Waals surface area contributed by atoms with E-state index in [9.17, 15) is 0 Å². The zero-order chi connectivity index (χ0) is 95.5. The first-order valence-corrected chi connectivity index (χ1v) is 48.9. The molecule has 0 N–H and O–H groups in total. The van der Waals surface area contributed by atoms with Gasteiger partial charge in [0.05, 0.1) is 101 Å². The molecule has 0 radical (unpaired) electrons. The summed E-state index contributed by atoms with van der Waals surface area (Å²) in [6.07, 6.45) is 2.90. The molecular formula is C129H85N15Pt3. The molecule has 0 spiro atoms. The fourth-order valence-electron chi connectivity index (χ4n) is 23.3. The summed E-state index contributed by atoms with van der Waals surface area (Å²) in [5.41, 5.74) is 46.0. The fourth-order valence-corrected chi connectivity index (χ4v) is 23.3. The molecule has 31 rings (SSSR count). The third-order valence-electron chi connectivity index (χ3n) is 30.2. The molecule has 706 valence electrons. The van der Waals surface area contributed by atoms with Crippen molar-refractivity contribution in [1.82, 2.24) is 71.0 Å². The molecular weight excluding hydrogens is 2340 g/mol. The first-order chi connectivity index (χ1) is 70.9. The van der Waals surface area contributed by atoms with Crippen LogP contribution in [0.2, 0.25) is 0 Å². The summed E-state index contributed by atoms with van der Waals surface area (Å²) in [6.45, 7) is 0. The Labute approximate surface area is 889 Å². The van der Waals surface area contributed by atoms with Crippen LogP contribution < -0.4 is 0 Å². The van der Waals surface area contributed by atoms with E-state index in [1.54, 1.807) is 0 Å². The van der Waals surface area contributed by atoms with E-state index in [1.165, 1.54) is 99.6 Å². The van der Waals surface area contributed by atoms with Crippen molar-refractivity contribution in [1.29, 1.82) is 0 Å². The normalized spacial score (nSPS) is 12.2. The van der Waals surface area contributed by atoms with Gasteiger partial charge in [0.2, 0.25) is 0 Å². The molecule has 3 aliphatic carbocycles. The van der Waals surface area contributed by atoms with Crippen molar-refractivity contribution in [3.8, 4) is 130 Å². The van der Waals surface area contributed by atoms with Crippen LogP contribution in [0.5, 0.6) is 0 Å². The van der Waals surface area contributed by atoms with Crippen LogP contribution in [-0.2, 0) is 125 Å². The van der Waals surface area contributed by atoms with Gasteiger partial charge in [-0.15, -0.1) is 161 Å². The van der Waals surface area contributed by atoms with Gasteiger partial charge in [0.25, 0.3) is 0 Å². The second-order valence-electron chi connectivity index (χ2n) is 38.3. The number of hydrogen-bond acceptors (Lipinski definition) is 6. The van der Waals surface area contributed by atoms with Gasteiger partial charge < -0.3 is 41.1 Å². The fraction of sp³-hybridized carbons (Fsp3) is 0.0698. The standard InChI is InChI=1S/C47H31N5.2C41H27N5.3Pt/c1-50-43-17-8-6-15-40(43)48-46(50)32-11-9-12-35(26-32)52-42-16-7-5-14-38(42)39-22-19-33(28-44(39)52)47-49-41-23-20-30(27-45(41)51(47)2)29-18-21-37-34(24-29)25-31-10-3-4-13-36(31)37;1-44-36-17-8-6-15-33(36)42-40(44)27-11-9-12-29(23-27)46-35-16-7-5-14-31(35)32-20-18-28(24-37(32)46)41-43-34-21-19-26-22-25-10-3-4-13-30(25)38(26)39(34)45(41)2;1-44-35-17-8-6-15-33(35)42-40(44)27-11-9-12-29(23-27)46-34-16-7-5-14-31(34)32-20-18-28(24-37(32)46)41-43-39-36(45(41)2)21-19-26-22-25-10-3-4-13-30(25)38(26)39;;;/h3-24,27H,25H2,1-2H3;2*3-21H,22H2,1-2H3;;;/q3*-2;3*+2. The van der Waals surface area contributed by atoms with Crippen LogP contribution >= 0.6 is 0 Å². The van der Waals surface area contributed by atoms with Crippen molar-refractivity contribution in [2.24, 2.45) is 42.3 Å². The predicted octanol–water partition coefficient (Wildman–Crippen LogP) is 28.8. The number of aromatic nitrogens is 15.